The van der Waals surface area contributed by atoms with Crippen LogP contribution in [0, 0.1) is 6.92 Å². The summed E-state index contributed by atoms with van der Waals surface area (Å²) in [5.74, 6) is 1.06. The average Bonchev–Trinajstić information content (AvgIpc) is 2.60. The first-order valence-electron chi connectivity index (χ1n) is 5.37. The van der Waals surface area contributed by atoms with E-state index < -0.39 is 0 Å². The van der Waals surface area contributed by atoms with Crippen LogP contribution in [0.25, 0.3) is 0 Å². The Morgan fingerprint density at radius 1 is 1.19 bits per heavy atom. The van der Waals surface area contributed by atoms with Gasteiger partial charge in [0, 0.05) is 19.4 Å². The predicted octanol–water partition coefficient (Wildman–Crippen LogP) is 1.85. The maximum absolute atomic E-state index is 5.21. The molecule has 5 heteroatoms. The van der Waals surface area contributed by atoms with Gasteiger partial charge < -0.3 is 13.9 Å². The van der Waals surface area contributed by atoms with E-state index in [2.05, 4.69) is 4.98 Å². The van der Waals surface area contributed by atoms with Crippen molar-refractivity contribution in [3.63, 3.8) is 0 Å². The topological polar surface area (TPSA) is 36.3 Å². The number of aryl methyl sites for hydroxylation is 2. The molecule has 0 N–H and O–H groups in total. The van der Waals surface area contributed by atoms with Crippen LogP contribution in [0.15, 0.2) is 12.4 Å². The van der Waals surface area contributed by atoms with Gasteiger partial charge in [-0.15, -0.1) is 0 Å². The zero-order chi connectivity index (χ0) is 12.4. The summed E-state index contributed by atoms with van der Waals surface area (Å²) in [5, 5.41) is 0. The lowest BCUT2D eigenvalue weighted by Crippen LogP contribution is -2.41. The fourth-order valence-corrected chi connectivity index (χ4v) is 0.989. The van der Waals surface area contributed by atoms with Crippen molar-refractivity contribution in [2.45, 2.75) is 45.8 Å². The molecule has 0 bridgehead atoms. The highest BCUT2D eigenvalue weighted by Gasteiger charge is 2.44. The maximum Gasteiger partial charge on any atom is 0.488 e. The Kier molecular flexibility index (Phi) is 3.81. The minimum atomic E-state index is -0.188. The third-order valence-electron chi connectivity index (χ3n) is 3.20. The van der Waals surface area contributed by atoms with Crippen molar-refractivity contribution in [1.29, 1.82) is 0 Å². The van der Waals surface area contributed by atoms with Crippen LogP contribution in [0.3, 0.4) is 0 Å². The van der Waals surface area contributed by atoms with Gasteiger partial charge in [-0.1, -0.05) is 0 Å². The fraction of sp³-hybridized carbons (Fsp3) is 0.727. The van der Waals surface area contributed by atoms with Crippen LogP contribution in [-0.2, 0) is 16.4 Å². The summed E-state index contributed by atoms with van der Waals surface area (Å²) in [6, 6.07) is 0. The van der Waals surface area contributed by atoms with Gasteiger partial charge in [-0.25, -0.2) is 4.98 Å². The molecule has 1 aromatic rings. The first-order chi connectivity index (χ1) is 7.26. The van der Waals surface area contributed by atoms with Gasteiger partial charge in [0.05, 0.1) is 11.2 Å². The molecule has 89 valence electrons. The highest BCUT2D eigenvalue weighted by Crippen LogP contribution is 2.33. The molecule has 4 nitrogen and oxygen atoms in total. The summed E-state index contributed by atoms with van der Waals surface area (Å²) in [6.45, 7) is 10.0. The van der Waals surface area contributed by atoms with E-state index in [9.17, 15) is 0 Å². The number of aromatic nitrogens is 2. The standard InChI is InChI=1S/C6H12BO2.C5H8N2/c1-5(2)6(3,4)9-7-8-5;1-5-6-3-4-7(5)2/h1-4H3;3-4H,1-2H3. The fourth-order valence-electron chi connectivity index (χ4n) is 0.989. The number of hydrogen-bond donors (Lipinski definition) is 0. The third kappa shape index (κ3) is 2.86. The van der Waals surface area contributed by atoms with E-state index >= 15 is 0 Å². The molecule has 16 heavy (non-hydrogen) atoms. The van der Waals surface area contributed by atoms with Crippen molar-refractivity contribution in [3.05, 3.63) is 18.2 Å². The molecule has 1 aromatic heterocycles. The second-order valence-electron chi connectivity index (χ2n) is 4.94. The van der Waals surface area contributed by atoms with Gasteiger partial charge in [-0.3, -0.25) is 0 Å². The minimum Gasteiger partial charge on any atom is -0.405 e. The van der Waals surface area contributed by atoms with Gasteiger partial charge >= 0.3 is 7.69 Å². The van der Waals surface area contributed by atoms with Crippen molar-refractivity contribution in [3.8, 4) is 0 Å². The molecule has 0 aliphatic carbocycles. The van der Waals surface area contributed by atoms with E-state index in [4.69, 9.17) is 9.31 Å². The Morgan fingerprint density at radius 2 is 1.69 bits per heavy atom. The van der Waals surface area contributed by atoms with E-state index in [1.165, 1.54) is 7.69 Å². The highest BCUT2D eigenvalue weighted by atomic mass is 16.7. The zero-order valence-electron chi connectivity index (χ0n) is 10.9. The summed E-state index contributed by atoms with van der Waals surface area (Å²) < 4.78 is 12.4. The molecule has 0 saturated carbocycles. The van der Waals surface area contributed by atoms with Crippen LogP contribution in [0.1, 0.15) is 33.5 Å². The molecule has 2 rings (SSSR count). The Labute approximate surface area is 98.3 Å². The van der Waals surface area contributed by atoms with E-state index in [1.807, 2.05) is 52.4 Å². The van der Waals surface area contributed by atoms with Gasteiger partial charge in [-0.05, 0) is 34.6 Å². The minimum absolute atomic E-state index is 0.187. The first-order valence-corrected chi connectivity index (χ1v) is 5.37. The van der Waals surface area contributed by atoms with E-state index in [0.29, 0.717) is 0 Å². The van der Waals surface area contributed by atoms with Crippen molar-refractivity contribution in [1.82, 2.24) is 9.55 Å². The van der Waals surface area contributed by atoms with Crippen molar-refractivity contribution >= 4 is 7.69 Å². The average molecular weight is 223 g/mol. The van der Waals surface area contributed by atoms with Crippen molar-refractivity contribution < 1.29 is 9.31 Å². The molecule has 1 radical (unpaired) electrons. The van der Waals surface area contributed by atoms with Crippen LogP contribution in [0.4, 0.5) is 0 Å². The SMILES string of the molecule is CC1(C)O[B]OC1(C)C.Cc1nccn1C. The number of imidazole rings is 1. The monoisotopic (exact) mass is 223 g/mol. The number of rotatable bonds is 0. The van der Waals surface area contributed by atoms with Crippen LogP contribution in [0.5, 0.6) is 0 Å². The molecule has 1 aliphatic heterocycles. The lowest BCUT2D eigenvalue weighted by atomic mass is 9.90. The predicted molar refractivity (Wildman–Crippen MR) is 64.0 cm³/mol. The van der Waals surface area contributed by atoms with Crippen LogP contribution >= 0.6 is 0 Å². The van der Waals surface area contributed by atoms with Crippen molar-refractivity contribution in [2.75, 3.05) is 0 Å². The van der Waals surface area contributed by atoms with Gasteiger partial charge in [0.2, 0.25) is 0 Å². The summed E-state index contributed by atoms with van der Waals surface area (Å²) in [7, 11) is 3.39. The molecule has 1 fully saturated rings. The largest absolute Gasteiger partial charge is 0.488 e. The van der Waals surface area contributed by atoms with Gasteiger partial charge in [-0.2, -0.15) is 0 Å². The summed E-state index contributed by atoms with van der Waals surface area (Å²) in [5.41, 5.74) is -0.375. The smallest absolute Gasteiger partial charge is 0.405 e. The second kappa shape index (κ2) is 4.59. The summed E-state index contributed by atoms with van der Waals surface area (Å²) in [4.78, 5) is 3.98. The van der Waals surface area contributed by atoms with Crippen LogP contribution < -0.4 is 0 Å². The molecule has 0 atom stereocenters. The molecule has 0 spiro atoms. The molecular weight excluding hydrogens is 203 g/mol. The lowest BCUT2D eigenvalue weighted by molar-refractivity contribution is 0.00578. The van der Waals surface area contributed by atoms with E-state index in [0.717, 1.165) is 5.82 Å². The normalized spacial score (nSPS) is 20.9. The number of hydrogen-bond acceptors (Lipinski definition) is 3. The first kappa shape index (κ1) is 13.3. The van der Waals surface area contributed by atoms with E-state index in [1.54, 1.807) is 6.20 Å². The maximum atomic E-state index is 5.21. The Hall–Kier alpha value is -0.805. The molecule has 1 aliphatic rings. The molecule has 2 heterocycles. The van der Waals surface area contributed by atoms with Gasteiger partial charge in [0.15, 0.2) is 0 Å². The summed E-state index contributed by atoms with van der Waals surface area (Å²) >= 11 is 0. The second-order valence-corrected chi connectivity index (χ2v) is 4.94. The molecule has 0 amide bonds. The van der Waals surface area contributed by atoms with Crippen LogP contribution in [0.2, 0.25) is 0 Å². The number of nitrogens with zero attached hydrogens (tertiary/aromatic N) is 2. The molecule has 1 saturated heterocycles. The summed E-state index contributed by atoms with van der Waals surface area (Å²) in [6.07, 6.45) is 3.71. The Bertz CT molecular complexity index is 317. The highest BCUT2D eigenvalue weighted by molar-refractivity contribution is 6.19. The Balaban J connectivity index is 0.000000165. The van der Waals surface area contributed by atoms with E-state index in [-0.39, 0.29) is 11.2 Å². The lowest BCUT2D eigenvalue weighted by Gasteiger charge is -2.32. The van der Waals surface area contributed by atoms with Gasteiger partial charge in [0.1, 0.15) is 5.82 Å². The molecule has 0 aromatic carbocycles. The quantitative estimate of drug-likeness (QED) is 0.630. The molecule has 0 unspecified atom stereocenters. The Morgan fingerprint density at radius 3 is 1.81 bits per heavy atom. The zero-order valence-corrected chi connectivity index (χ0v) is 10.9. The van der Waals surface area contributed by atoms with Gasteiger partial charge in [0.25, 0.3) is 0 Å². The third-order valence-corrected chi connectivity index (χ3v) is 3.20. The molecular formula is C11H20BN2O2. The van der Waals surface area contributed by atoms with Crippen molar-refractivity contribution in [2.24, 2.45) is 7.05 Å². The van der Waals surface area contributed by atoms with Crippen LogP contribution in [-0.4, -0.2) is 28.4 Å².